The first-order chi connectivity index (χ1) is 17.0. The second-order valence-corrected chi connectivity index (χ2v) is 9.49. The van der Waals surface area contributed by atoms with Crippen molar-refractivity contribution >= 4 is 22.8 Å². The van der Waals surface area contributed by atoms with Gasteiger partial charge >= 0.3 is 6.03 Å². The van der Waals surface area contributed by atoms with Gasteiger partial charge in [0.15, 0.2) is 5.60 Å². The van der Waals surface area contributed by atoms with Gasteiger partial charge in [0.05, 0.1) is 0 Å². The number of hydrogen-bond acceptors (Lipinski definition) is 3. The van der Waals surface area contributed by atoms with E-state index in [0.717, 1.165) is 22.0 Å². The molecule has 0 N–H and O–H groups in total. The molecule has 0 spiro atoms. The Kier molecular flexibility index (Phi) is 4.83. The van der Waals surface area contributed by atoms with E-state index < -0.39 is 17.2 Å². The summed E-state index contributed by atoms with van der Waals surface area (Å²) in [6.45, 7) is 2.86. The predicted octanol–water partition coefficient (Wildman–Crippen LogP) is 4.64. The maximum Gasteiger partial charge on any atom is 0.327 e. The third-order valence-electron chi connectivity index (χ3n) is 7.52. The lowest BCUT2D eigenvalue weighted by atomic mass is 9.65. The van der Waals surface area contributed by atoms with Crippen LogP contribution < -0.4 is 0 Å². The zero-order valence-corrected chi connectivity index (χ0v) is 19.8. The number of likely N-dealkylation sites (N-methyl/N-ethyl adjacent to an activating group) is 1. The molecule has 2 fully saturated rings. The summed E-state index contributed by atoms with van der Waals surface area (Å²) in [5, 5.41) is 1.16. The number of amides is 3. The lowest BCUT2D eigenvalue weighted by molar-refractivity contribution is -0.298. The van der Waals surface area contributed by atoms with E-state index in [9.17, 15) is 9.59 Å². The van der Waals surface area contributed by atoms with Crippen LogP contribution >= 0.6 is 0 Å². The number of hydrogen-bond donors (Lipinski definition) is 0. The van der Waals surface area contributed by atoms with Gasteiger partial charge < -0.3 is 14.2 Å². The number of ether oxygens (including phenoxy) is 1. The molecule has 6 heteroatoms. The van der Waals surface area contributed by atoms with Gasteiger partial charge in [0, 0.05) is 31.9 Å². The van der Waals surface area contributed by atoms with Crippen molar-refractivity contribution in [2.75, 3.05) is 13.6 Å². The molecule has 176 valence electrons. The number of imide groups is 1. The van der Waals surface area contributed by atoms with E-state index in [1.54, 1.807) is 7.05 Å². The molecule has 2 atom stereocenters. The third kappa shape index (κ3) is 2.99. The summed E-state index contributed by atoms with van der Waals surface area (Å²) in [7, 11) is 1.54. The van der Waals surface area contributed by atoms with Gasteiger partial charge in [0.25, 0.3) is 5.91 Å². The number of nitrogens with zero attached hydrogens (tertiary/aromatic N) is 3. The van der Waals surface area contributed by atoms with E-state index in [0.29, 0.717) is 13.1 Å². The normalized spacial score (nSPS) is 23.3. The Morgan fingerprint density at radius 3 is 2.06 bits per heavy atom. The molecule has 6 nitrogen and oxygen atoms in total. The van der Waals surface area contributed by atoms with Gasteiger partial charge in [-0.05, 0) is 35.6 Å². The zero-order chi connectivity index (χ0) is 24.2. The highest BCUT2D eigenvalue weighted by molar-refractivity contribution is 6.03. The number of rotatable bonds is 5. The number of aromatic nitrogens is 1. The van der Waals surface area contributed by atoms with Crippen molar-refractivity contribution in [1.29, 1.82) is 0 Å². The second-order valence-electron chi connectivity index (χ2n) is 9.49. The number of benzene rings is 3. The predicted molar refractivity (Wildman–Crippen MR) is 134 cm³/mol. The van der Waals surface area contributed by atoms with E-state index in [4.69, 9.17) is 4.74 Å². The minimum absolute atomic E-state index is 0.298. The molecule has 0 unspecified atom stereocenters. The first-order valence-corrected chi connectivity index (χ1v) is 11.9. The van der Waals surface area contributed by atoms with E-state index in [1.165, 1.54) is 4.90 Å². The smallest absolute Gasteiger partial charge is 0.327 e. The van der Waals surface area contributed by atoms with Gasteiger partial charge in [0.2, 0.25) is 0 Å². The quantitative estimate of drug-likeness (QED) is 0.432. The van der Waals surface area contributed by atoms with Crippen molar-refractivity contribution in [1.82, 2.24) is 14.4 Å². The van der Waals surface area contributed by atoms with Crippen LogP contribution in [0, 0.1) is 0 Å². The lowest BCUT2D eigenvalue weighted by Crippen LogP contribution is -2.84. The summed E-state index contributed by atoms with van der Waals surface area (Å²) in [5.74, 6) is -0.308. The monoisotopic (exact) mass is 465 g/mol. The maximum atomic E-state index is 13.6. The molecule has 3 amide bonds. The molecule has 0 saturated carbocycles. The van der Waals surface area contributed by atoms with Crippen LogP contribution in [0.1, 0.15) is 18.1 Å². The molecule has 1 aromatic heterocycles. The number of carbonyl (C=O) groups excluding carboxylic acids is 2. The van der Waals surface area contributed by atoms with E-state index in [1.807, 2.05) is 90.8 Å². The minimum Gasteiger partial charge on any atom is -0.346 e. The van der Waals surface area contributed by atoms with Gasteiger partial charge in [-0.3, -0.25) is 9.69 Å². The van der Waals surface area contributed by atoms with Gasteiger partial charge in [0.1, 0.15) is 11.6 Å². The molecule has 0 bridgehead atoms. The van der Waals surface area contributed by atoms with Gasteiger partial charge in [-0.2, -0.15) is 0 Å². The number of urea groups is 1. The average molecular weight is 466 g/mol. The summed E-state index contributed by atoms with van der Waals surface area (Å²) < 4.78 is 8.82. The molecule has 35 heavy (non-hydrogen) atoms. The van der Waals surface area contributed by atoms with Crippen LogP contribution in [0.3, 0.4) is 0 Å². The summed E-state index contributed by atoms with van der Waals surface area (Å²) >= 11 is 0. The van der Waals surface area contributed by atoms with E-state index in [2.05, 4.69) is 22.8 Å². The molecular weight excluding hydrogens is 438 g/mol. The molecule has 2 aliphatic rings. The van der Waals surface area contributed by atoms with E-state index >= 15 is 0 Å². The lowest BCUT2D eigenvalue weighted by Gasteiger charge is -2.66. The van der Waals surface area contributed by atoms with Crippen molar-refractivity contribution in [3.05, 3.63) is 108 Å². The van der Waals surface area contributed by atoms with Gasteiger partial charge in [-0.1, -0.05) is 78.9 Å². The van der Waals surface area contributed by atoms with Gasteiger partial charge in [-0.25, -0.2) is 4.79 Å². The largest absolute Gasteiger partial charge is 0.346 e. The van der Waals surface area contributed by atoms with Crippen LogP contribution in [0.15, 0.2) is 97.2 Å². The Bertz CT molecular complexity index is 1380. The van der Waals surface area contributed by atoms with Crippen molar-refractivity contribution in [2.24, 2.45) is 0 Å². The number of carbonyl (C=O) groups is 2. The standard InChI is InChI=1S/C29H27N3O3/c1-28-25(29(35-28,22-12-5-3-6-13-22)23-14-7-4-8-15-23)32(27(34)30(2)26(28)33)20-19-31-18-17-21-11-9-10-16-24(21)31/h3-18,25H,19-20H2,1-2H3/t25-,28-/m1/s1. The van der Waals surface area contributed by atoms with E-state index in [-0.39, 0.29) is 11.9 Å². The fraction of sp³-hybridized carbons (Fsp3) is 0.241. The molecule has 3 aromatic carbocycles. The zero-order valence-electron chi connectivity index (χ0n) is 19.8. The Morgan fingerprint density at radius 1 is 0.800 bits per heavy atom. The molecule has 3 heterocycles. The van der Waals surface area contributed by atoms with Crippen LogP contribution in [-0.4, -0.2) is 51.5 Å². The molecule has 0 radical (unpaired) electrons. The average Bonchev–Trinajstić information content (AvgIpc) is 3.31. The minimum atomic E-state index is -1.15. The molecular formula is C29H27N3O3. The summed E-state index contributed by atoms with van der Waals surface area (Å²) in [6.07, 6.45) is 2.05. The Labute approximate surface area is 204 Å². The SMILES string of the molecule is CN1C(=O)N(CCn2ccc3ccccc32)[C@H]2C(c3ccccc3)(c3ccccc3)O[C@@]2(C)C1=O. The van der Waals surface area contributed by atoms with Crippen molar-refractivity contribution < 1.29 is 14.3 Å². The van der Waals surface area contributed by atoms with Crippen LogP contribution in [-0.2, 0) is 21.7 Å². The highest BCUT2D eigenvalue weighted by Crippen LogP contribution is 2.57. The van der Waals surface area contributed by atoms with Gasteiger partial charge in [-0.15, -0.1) is 0 Å². The Hall–Kier alpha value is -3.90. The third-order valence-corrected chi connectivity index (χ3v) is 7.52. The molecule has 0 aliphatic carbocycles. The first kappa shape index (κ1) is 21.6. The number of para-hydroxylation sites is 1. The molecule has 6 rings (SSSR count). The van der Waals surface area contributed by atoms with Crippen molar-refractivity contribution in [2.45, 2.75) is 30.7 Å². The fourth-order valence-electron chi connectivity index (χ4n) is 5.92. The van der Waals surface area contributed by atoms with Crippen molar-refractivity contribution in [3.8, 4) is 0 Å². The topological polar surface area (TPSA) is 54.8 Å². The first-order valence-electron chi connectivity index (χ1n) is 11.9. The number of fused-ring (bicyclic) bond motifs is 2. The molecule has 2 aliphatic heterocycles. The Morgan fingerprint density at radius 2 is 1.40 bits per heavy atom. The van der Waals surface area contributed by atoms with Crippen molar-refractivity contribution in [3.63, 3.8) is 0 Å². The molecule has 4 aromatic rings. The highest BCUT2D eigenvalue weighted by atomic mass is 16.6. The van der Waals surface area contributed by atoms with Crippen LogP contribution in [0.25, 0.3) is 10.9 Å². The fourth-order valence-corrected chi connectivity index (χ4v) is 5.92. The second kappa shape index (κ2) is 7.82. The summed E-state index contributed by atoms with van der Waals surface area (Å²) in [6, 6.07) is 29.3. The summed E-state index contributed by atoms with van der Waals surface area (Å²) in [5.41, 5.74) is 0.882. The highest BCUT2D eigenvalue weighted by Gasteiger charge is 2.73. The Balaban J connectivity index is 1.46. The van der Waals surface area contributed by atoms with Crippen LogP contribution in [0.4, 0.5) is 4.79 Å². The summed E-state index contributed by atoms with van der Waals surface area (Å²) in [4.78, 5) is 30.0. The molecule has 2 saturated heterocycles. The van der Waals surface area contributed by atoms with Crippen LogP contribution in [0.5, 0.6) is 0 Å². The maximum absolute atomic E-state index is 13.6. The van der Waals surface area contributed by atoms with Crippen LogP contribution in [0.2, 0.25) is 0 Å².